The van der Waals surface area contributed by atoms with E-state index in [1.807, 2.05) is 25.9 Å². The molecule has 0 fully saturated rings. The molecule has 0 aliphatic carbocycles. The van der Waals surface area contributed by atoms with Crippen LogP contribution in [0.2, 0.25) is 0 Å². The van der Waals surface area contributed by atoms with Gasteiger partial charge >= 0.3 is 0 Å². The van der Waals surface area contributed by atoms with Crippen molar-refractivity contribution in [2.45, 2.75) is 32.2 Å². The van der Waals surface area contributed by atoms with Gasteiger partial charge in [0.25, 0.3) is 0 Å². The lowest BCUT2D eigenvalue weighted by atomic mass is 10.2. The van der Waals surface area contributed by atoms with Crippen LogP contribution in [0.1, 0.15) is 26.2 Å². The Morgan fingerprint density at radius 3 is 2.57 bits per heavy atom. The summed E-state index contributed by atoms with van der Waals surface area (Å²) in [7, 11) is 3.96. The van der Waals surface area contributed by atoms with Gasteiger partial charge in [0.2, 0.25) is 5.91 Å². The molecule has 0 spiro atoms. The smallest absolute Gasteiger partial charge is 0.220 e. The standard InChI is InChI=1S/C10H22N2O2/c1-9(8-12(2)3)11-10(14)6-4-5-7-13/h9,13H,4-8H2,1-3H3,(H,11,14). The molecule has 0 aromatic rings. The predicted octanol–water partition coefficient (Wildman–Crippen LogP) is 0.215. The first kappa shape index (κ1) is 13.4. The molecule has 1 amide bonds. The lowest BCUT2D eigenvalue weighted by Crippen LogP contribution is -2.39. The predicted molar refractivity (Wildman–Crippen MR) is 57.1 cm³/mol. The molecule has 14 heavy (non-hydrogen) atoms. The fourth-order valence-electron chi connectivity index (χ4n) is 1.34. The molecule has 0 aliphatic heterocycles. The van der Waals surface area contributed by atoms with E-state index in [1.54, 1.807) is 0 Å². The molecular weight excluding hydrogens is 180 g/mol. The van der Waals surface area contributed by atoms with E-state index in [0.717, 1.165) is 13.0 Å². The number of aliphatic hydroxyl groups excluding tert-OH is 1. The summed E-state index contributed by atoms with van der Waals surface area (Å²) in [5, 5.41) is 11.4. The lowest BCUT2D eigenvalue weighted by molar-refractivity contribution is -0.121. The van der Waals surface area contributed by atoms with E-state index >= 15 is 0 Å². The number of carbonyl (C=O) groups excluding carboxylic acids is 1. The summed E-state index contributed by atoms with van der Waals surface area (Å²) in [4.78, 5) is 13.3. The molecule has 0 aromatic carbocycles. The second-order valence-electron chi connectivity index (χ2n) is 3.91. The van der Waals surface area contributed by atoms with Crippen molar-refractivity contribution in [2.24, 2.45) is 0 Å². The normalized spacial score (nSPS) is 12.9. The number of hydrogen-bond acceptors (Lipinski definition) is 3. The van der Waals surface area contributed by atoms with Crippen molar-refractivity contribution in [3.05, 3.63) is 0 Å². The molecule has 0 saturated heterocycles. The molecule has 1 unspecified atom stereocenters. The van der Waals surface area contributed by atoms with E-state index in [9.17, 15) is 4.79 Å². The van der Waals surface area contributed by atoms with Crippen LogP contribution in [0.4, 0.5) is 0 Å². The Kier molecular flexibility index (Phi) is 7.42. The minimum absolute atomic E-state index is 0.0767. The van der Waals surface area contributed by atoms with Crippen LogP contribution in [0, 0.1) is 0 Å². The van der Waals surface area contributed by atoms with Crippen LogP contribution in [0.15, 0.2) is 0 Å². The van der Waals surface area contributed by atoms with E-state index in [-0.39, 0.29) is 18.6 Å². The highest BCUT2D eigenvalue weighted by Gasteiger charge is 2.07. The van der Waals surface area contributed by atoms with Crippen LogP contribution in [0.5, 0.6) is 0 Å². The number of hydrogen-bond donors (Lipinski definition) is 2. The zero-order valence-electron chi connectivity index (χ0n) is 9.42. The first-order valence-electron chi connectivity index (χ1n) is 5.11. The van der Waals surface area contributed by atoms with Crippen molar-refractivity contribution in [3.8, 4) is 0 Å². The van der Waals surface area contributed by atoms with Gasteiger partial charge in [0.1, 0.15) is 0 Å². The van der Waals surface area contributed by atoms with Crippen LogP contribution in [-0.2, 0) is 4.79 Å². The summed E-state index contributed by atoms with van der Waals surface area (Å²) >= 11 is 0. The molecule has 0 heterocycles. The van der Waals surface area contributed by atoms with Crippen LogP contribution < -0.4 is 5.32 Å². The largest absolute Gasteiger partial charge is 0.396 e. The van der Waals surface area contributed by atoms with E-state index in [2.05, 4.69) is 5.32 Å². The topological polar surface area (TPSA) is 52.6 Å². The zero-order valence-corrected chi connectivity index (χ0v) is 9.42. The number of nitrogens with one attached hydrogen (secondary N) is 1. The van der Waals surface area contributed by atoms with Gasteiger partial charge in [-0.05, 0) is 33.9 Å². The quantitative estimate of drug-likeness (QED) is 0.580. The van der Waals surface area contributed by atoms with Gasteiger partial charge < -0.3 is 15.3 Å². The Morgan fingerprint density at radius 2 is 2.07 bits per heavy atom. The summed E-state index contributed by atoms with van der Waals surface area (Å²) in [6.45, 7) is 3.01. The van der Waals surface area contributed by atoms with Crippen molar-refractivity contribution in [2.75, 3.05) is 27.2 Å². The maximum atomic E-state index is 11.3. The van der Waals surface area contributed by atoms with Gasteiger partial charge in [0.05, 0.1) is 0 Å². The van der Waals surface area contributed by atoms with Gasteiger partial charge in [-0.3, -0.25) is 4.79 Å². The number of amides is 1. The van der Waals surface area contributed by atoms with Crippen molar-refractivity contribution >= 4 is 5.91 Å². The third kappa shape index (κ3) is 8.01. The van der Waals surface area contributed by atoms with Crippen molar-refractivity contribution in [3.63, 3.8) is 0 Å². The highest BCUT2D eigenvalue weighted by Crippen LogP contribution is 1.95. The SMILES string of the molecule is CC(CN(C)C)NC(=O)CCCCO. The Balaban J connectivity index is 3.50. The molecule has 1 atom stereocenters. The average molecular weight is 202 g/mol. The number of rotatable bonds is 7. The van der Waals surface area contributed by atoms with Crippen molar-refractivity contribution in [1.29, 1.82) is 0 Å². The first-order valence-corrected chi connectivity index (χ1v) is 5.11. The summed E-state index contributed by atoms with van der Waals surface area (Å²) in [6, 6.07) is 0.187. The van der Waals surface area contributed by atoms with Crippen LogP contribution in [-0.4, -0.2) is 49.2 Å². The number of likely N-dealkylation sites (N-methyl/N-ethyl adjacent to an activating group) is 1. The number of aliphatic hydroxyl groups is 1. The molecular formula is C10H22N2O2. The fraction of sp³-hybridized carbons (Fsp3) is 0.900. The highest BCUT2D eigenvalue weighted by molar-refractivity contribution is 5.76. The molecule has 4 heteroatoms. The second-order valence-corrected chi connectivity index (χ2v) is 3.91. The molecule has 4 nitrogen and oxygen atoms in total. The summed E-state index contributed by atoms with van der Waals surface area (Å²) in [5.41, 5.74) is 0. The summed E-state index contributed by atoms with van der Waals surface area (Å²) < 4.78 is 0. The number of nitrogens with zero attached hydrogens (tertiary/aromatic N) is 1. The number of unbranched alkanes of at least 4 members (excludes halogenated alkanes) is 1. The Hall–Kier alpha value is -0.610. The Labute approximate surface area is 86.3 Å². The fourth-order valence-corrected chi connectivity index (χ4v) is 1.34. The zero-order chi connectivity index (χ0) is 11.0. The van der Waals surface area contributed by atoms with Crippen LogP contribution in [0.3, 0.4) is 0 Å². The maximum Gasteiger partial charge on any atom is 0.220 e. The molecule has 0 aromatic heterocycles. The Morgan fingerprint density at radius 1 is 1.43 bits per heavy atom. The van der Waals surface area contributed by atoms with Gasteiger partial charge in [-0.1, -0.05) is 0 Å². The third-order valence-electron chi connectivity index (χ3n) is 1.86. The van der Waals surface area contributed by atoms with Crippen molar-refractivity contribution in [1.82, 2.24) is 10.2 Å². The summed E-state index contributed by atoms with van der Waals surface area (Å²) in [5.74, 6) is 0.0767. The van der Waals surface area contributed by atoms with E-state index in [4.69, 9.17) is 5.11 Å². The molecule has 0 rings (SSSR count). The van der Waals surface area contributed by atoms with Gasteiger partial charge in [-0.15, -0.1) is 0 Å². The van der Waals surface area contributed by atoms with E-state index in [1.165, 1.54) is 0 Å². The third-order valence-corrected chi connectivity index (χ3v) is 1.86. The van der Waals surface area contributed by atoms with E-state index < -0.39 is 0 Å². The monoisotopic (exact) mass is 202 g/mol. The van der Waals surface area contributed by atoms with Gasteiger partial charge in [0, 0.05) is 25.6 Å². The molecule has 0 bridgehead atoms. The lowest BCUT2D eigenvalue weighted by Gasteiger charge is -2.18. The van der Waals surface area contributed by atoms with Gasteiger partial charge in [-0.25, -0.2) is 0 Å². The number of carbonyl (C=O) groups is 1. The van der Waals surface area contributed by atoms with Crippen LogP contribution >= 0.6 is 0 Å². The molecule has 0 saturated carbocycles. The highest BCUT2D eigenvalue weighted by atomic mass is 16.2. The maximum absolute atomic E-state index is 11.3. The summed E-state index contributed by atoms with van der Waals surface area (Å²) in [6.07, 6.45) is 1.98. The van der Waals surface area contributed by atoms with Crippen LogP contribution in [0.25, 0.3) is 0 Å². The minimum Gasteiger partial charge on any atom is -0.396 e. The average Bonchev–Trinajstić information content (AvgIpc) is 2.02. The van der Waals surface area contributed by atoms with Crippen molar-refractivity contribution < 1.29 is 9.90 Å². The molecule has 0 radical (unpaired) electrons. The van der Waals surface area contributed by atoms with Gasteiger partial charge in [0.15, 0.2) is 0 Å². The van der Waals surface area contributed by atoms with E-state index in [0.29, 0.717) is 12.8 Å². The molecule has 2 N–H and O–H groups in total. The molecule has 0 aliphatic rings. The van der Waals surface area contributed by atoms with Gasteiger partial charge in [-0.2, -0.15) is 0 Å². The molecule has 84 valence electrons. The minimum atomic E-state index is 0.0767. The second kappa shape index (κ2) is 7.76. The first-order chi connectivity index (χ1) is 6.56. The Bertz CT molecular complexity index is 160.